The van der Waals surface area contributed by atoms with Crippen molar-refractivity contribution in [1.29, 1.82) is 0 Å². The Morgan fingerprint density at radius 3 is 2.14 bits per heavy atom. The van der Waals surface area contributed by atoms with Gasteiger partial charge in [0.25, 0.3) is 5.92 Å². The minimum absolute atomic E-state index is 0.0634. The molecule has 2 nitrogen and oxygen atoms in total. The van der Waals surface area contributed by atoms with Crippen molar-refractivity contribution in [3.05, 3.63) is 35.4 Å². The van der Waals surface area contributed by atoms with Crippen molar-refractivity contribution in [3.8, 4) is 0 Å². The quantitative estimate of drug-likeness (QED) is 0.637. The first kappa shape index (κ1) is 21.7. The van der Waals surface area contributed by atoms with Crippen LogP contribution in [0.4, 0.5) is 8.78 Å². The average molecular weight is 393 g/mol. The number of likely N-dealkylation sites (tertiary alicyclic amines) is 2. The number of halogens is 2. The molecular weight excluding hydrogens is 354 g/mol. The summed E-state index contributed by atoms with van der Waals surface area (Å²) in [5.74, 6) is -2.26. The Morgan fingerprint density at radius 2 is 1.61 bits per heavy atom. The third kappa shape index (κ3) is 5.33. The van der Waals surface area contributed by atoms with Crippen LogP contribution in [0, 0.1) is 11.8 Å². The molecule has 0 spiro atoms. The number of hydrogen-bond donors (Lipinski definition) is 0. The Bertz CT molecular complexity index is 604. The highest BCUT2D eigenvalue weighted by Gasteiger charge is 2.48. The summed E-state index contributed by atoms with van der Waals surface area (Å²) in [5.41, 5.74) is 2.58. The number of hydrogen-bond acceptors (Lipinski definition) is 2. The number of nitrogens with zero attached hydrogens (tertiary/aromatic N) is 2. The SMILES string of the molecule is CC(C)c1ccc(CCN2CCC(C3CCN(C(C)C)CC3)C(F)(F)C2)cc1. The van der Waals surface area contributed by atoms with E-state index in [0.717, 1.165) is 45.4 Å². The fourth-order valence-corrected chi connectivity index (χ4v) is 4.99. The molecule has 3 rings (SSSR count). The second kappa shape index (κ2) is 9.21. The molecule has 2 fully saturated rings. The monoisotopic (exact) mass is 392 g/mol. The maximum absolute atomic E-state index is 15.0. The molecule has 28 heavy (non-hydrogen) atoms. The number of benzene rings is 1. The van der Waals surface area contributed by atoms with Crippen LogP contribution in [-0.2, 0) is 6.42 Å². The van der Waals surface area contributed by atoms with E-state index in [2.05, 4.69) is 56.9 Å². The van der Waals surface area contributed by atoms with Crippen LogP contribution in [0.5, 0.6) is 0 Å². The van der Waals surface area contributed by atoms with E-state index in [0.29, 0.717) is 18.4 Å². The van der Waals surface area contributed by atoms with E-state index in [1.807, 2.05) is 4.90 Å². The molecular formula is C24H38F2N2. The van der Waals surface area contributed by atoms with E-state index in [9.17, 15) is 8.78 Å². The van der Waals surface area contributed by atoms with Crippen molar-refractivity contribution in [2.75, 3.05) is 32.7 Å². The van der Waals surface area contributed by atoms with Gasteiger partial charge in [-0.1, -0.05) is 38.1 Å². The Morgan fingerprint density at radius 1 is 0.964 bits per heavy atom. The summed E-state index contributed by atoms with van der Waals surface area (Å²) in [6, 6.07) is 9.18. The van der Waals surface area contributed by atoms with Crippen molar-refractivity contribution in [1.82, 2.24) is 9.80 Å². The van der Waals surface area contributed by atoms with E-state index in [-0.39, 0.29) is 12.5 Å². The highest BCUT2D eigenvalue weighted by atomic mass is 19.3. The average Bonchev–Trinajstić information content (AvgIpc) is 2.66. The van der Waals surface area contributed by atoms with Gasteiger partial charge in [-0.05, 0) is 82.1 Å². The van der Waals surface area contributed by atoms with Gasteiger partial charge in [-0.25, -0.2) is 8.78 Å². The van der Waals surface area contributed by atoms with Gasteiger partial charge in [0.1, 0.15) is 0 Å². The van der Waals surface area contributed by atoms with Gasteiger partial charge in [0.15, 0.2) is 0 Å². The summed E-state index contributed by atoms with van der Waals surface area (Å²) in [6.07, 6.45) is 3.36. The molecule has 0 aliphatic carbocycles. The van der Waals surface area contributed by atoms with E-state index >= 15 is 0 Å². The van der Waals surface area contributed by atoms with Gasteiger partial charge in [0.05, 0.1) is 6.54 Å². The molecule has 4 heteroatoms. The standard InChI is InChI=1S/C24H38F2N2/c1-18(2)21-7-5-20(6-8-21)9-13-27-14-12-23(24(25,26)17-27)22-10-15-28(16-11-22)19(3)4/h5-8,18-19,22-23H,9-17H2,1-4H3. The van der Waals surface area contributed by atoms with Crippen molar-refractivity contribution < 1.29 is 8.78 Å². The van der Waals surface area contributed by atoms with Gasteiger partial charge in [0.2, 0.25) is 0 Å². The molecule has 1 unspecified atom stereocenters. The highest BCUT2D eigenvalue weighted by Crippen LogP contribution is 2.41. The second-order valence-corrected chi connectivity index (χ2v) is 9.55. The predicted octanol–water partition coefficient (Wildman–Crippen LogP) is 5.43. The first-order valence-corrected chi connectivity index (χ1v) is 11.2. The lowest BCUT2D eigenvalue weighted by atomic mass is 9.76. The van der Waals surface area contributed by atoms with Gasteiger partial charge in [0, 0.05) is 18.5 Å². The van der Waals surface area contributed by atoms with Crippen molar-refractivity contribution in [2.24, 2.45) is 11.8 Å². The summed E-state index contributed by atoms with van der Waals surface area (Å²) in [6.45, 7) is 12.2. The molecule has 2 saturated heterocycles. The molecule has 0 bridgehead atoms. The van der Waals surface area contributed by atoms with Crippen molar-refractivity contribution in [3.63, 3.8) is 0 Å². The maximum atomic E-state index is 15.0. The van der Waals surface area contributed by atoms with Gasteiger partial charge in [-0.15, -0.1) is 0 Å². The lowest BCUT2D eigenvalue weighted by Crippen LogP contribution is -2.53. The zero-order chi connectivity index (χ0) is 20.3. The lowest BCUT2D eigenvalue weighted by Gasteiger charge is -2.45. The maximum Gasteiger partial charge on any atom is 0.263 e. The molecule has 0 N–H and O–H groups in total. The Kier molecular flexibility index (Phi) is 7.14. The van der Waals surface area contributed by atoms with Gasteiger partial charge in [-0.2, -0.15) is 0 Å². The molecule has 0 radical (unpaired) electrons. The molecule has 2 aliphatic rings. The summed E-state index contributed by atoms with van der Waals surface area (Å²) in [7, 11) is 0. The van der Waals surface area contributed by atoms with Gasteiger partial charge < -0.3 is 4.90 Å². The first-order chi connectivity index (χ1) is 13.3. The number of alkyl halides is 2. The van der Waals surface area contributed by atoms with Crippen LogP contribution in [0.1, 0.15) is 64.0 Å². The molecule has 2 heterocycles. The van der Waals surface area contributed by atoms with Crippen LogP contribution in [0.3, 0.4) is 0 Å². The van der Waals surface area contributed by atoms with Crippen LogP contribution in [0.2, 0.25) is 0 Å². The zero-order valence-electron chi connectivity index (χ0n) is 18.1. The number of rotatable bonds is 6. The van der Waals surface area contributed by atoms with Crippen LogP contribution in [0.15, 0.2) is 24.3 Å². The second-order valence-electron chi connectivity index (χ2n) is 9.55. The van der Waals surface area contributed by atoms with Crippen LogP contribution in [0.25, 0.3) is 0 Å². The van der Waals surface area contributed by atoms with Crippen molar-refractivity contribution in [2.45, 2.75) is 71.3 Å². The highest BCUT2D eigenvalue weighted by molar-refractivity contribution is 5.24. The molecule has 2 aliphatic heterocycles. The van der Waals surface area contributed by atoms with Crippen LogP contribution >= 0.6 is 0 Å². The summed E-state index contributed by atoms with van der Waals surface area (Å²) in [5, 5.41) is 0. The minimum Gasteiger partial charge on any atom is -0.301 e. The molecule has 158 valence electrons. The molecule has 0 amide bonds. The zero-order valence-corrected chi connectivity index (χ0v) is 18.1. The normalized spacial score (nSPS) is 24.9. The van der Waals surface area contributed by atoms with E-state index in [4.69, 9.17) is 0 Å². The fourth-order valence-electron chi connectivity index (χ4n) is 4.99. The first-order valence-electron chi connectivity index (χ1n) is 11.2. The molecule has 1 atom stereocenters. The molecule has 1 aromatic rings. The summed E-state index contributed by atoms with van der Waals surface area (Å²) < 4.78 is 29.9. The third-order valence-electron chi connectivity index (χ3n) is 6.97. The topological polar surface area (TPSA) is 6.48 Å². The van der Waals surface area contributed by atoms with Gasteiger partial charge in [-0.3, -0.25) is 4.90 Å². The van der Waals surface area contributed by atoms with E-state index in [1.165, 1.54) is 11.1 Å². The number of piperidine rings is 2. The molecule has 0 aromatic heterocycles. The predicted molar refractivity (Wildman–Crippen MR) is 113 cm³/mol. The lowest BCUT2D eigenvalue weighted by molar-refractivity contribution is -0.135. The minimum atomic E-state index is -2.55. The Hall–Kier alpha value is -1.00. The van der Waals surface area contributed by atoms with Crippen LogP contribution < -0.4 is 0 Å². The molecule has 1 aromatic carbocycles. The summed E-state index contributed by atoms with van der Waals surface area (Å²) >= 11 is 0. The van der Waals surface area contributed by atoms with Crippen LogP contribution in [-0.4, -0.2) is 54.5 Å². The third-order valence-corrected chi connectivity index (χ3v) is 6.97. The Labute approximate surface area is 170 Å². The van der Waals surface area contributed by atoms with Gasteiger partial charge >= 0.3 is 0 Å². The largest absolute Gasteiger partial charge is 0.301 e. The smallest absolute Gasteiger partial charge is 0.263 e. The Balaban J connectivity index is 1.49. The fraction of sp³-hybridized carbons (Fsp3) is 0.750. The molecule has 0 saturated carbocycles. The van der Waals surface area contributed by atoms with Crippen molar-refractivity contribution >= 4 is 0 Å². The van der Waals surface area contributed by atoms with E-state index < -0.39 is 11.8 Å². The summed E-state index contributed by atoms with van der Waals surface area (Å²) in [4.78, 5) is 4.41. The van der Waals surface area contributed by atoms with E-state index in [1.54, 1.807) is 0 Å².